The molecule has 158 valence electrons. The number of nitrogens with two attached hydrogens (primary N) is 1. The molecule has 0 aliphatic carbocycles. The molecule has 0 unspecified atom stereocenters. The third-order valence-electron chi connectivity index (χ3n) is 5.78. The van der Waals surface area contributed by atoms with Gasteiger partial charge in [0, 0.05) is 17.5 Å². The Morgan fingerprint density at radius 3 is 2.55 bits per heavy atom. The molecule has 0 saturated carbocycles. The summed E-state index contributed by atoms with van der Waals surface area (Å²) < 4.78 is 16.1. The average Bonchev–Trinajstić information content (AvgIpc) is 3.02. The van der Waals surface area contributed by atoms with Crippen LogP contribution in [0.1, 0.15) is 11.5 Å². The first kappa shape index (κ1) is 19.5. The van der Waals surface area contributed by atoms with Crippen molar-refractivity contribution in [3.63, 3.8) is 0 Å². The van der Waals surface area contributed by atoms with Crippen molar-refractivity contribution in [2.75, 3.05) is 19.1 Å². The van der Waals surface area contributed by atoms with E-state index in [1.807, 2.05) is 0 Å². The van der Waals surface area contributed by atoms with Gasteiger partial charge in [-0.2, -0.15) is 0 Å². The lowest BCUT2D eigenvalue weighted by molar-refractivity contribution is -0.132. The van der Waals surface area contributed by atoms with Gasteiger partial charge in [0.05, 0.1) is 36.4 Å². The summed E-state index contributed by atoms with van der Waals surface area (Å²) in [5.41, 5.74) is 7.43. The smallest absolute Gasteiger partial charge is 0.342 e. The zero-order valence-corrected chi connectivity index (χ0v) is 17.5. The fraction of sp³-hybridized carbons (Fsp3) is 0.227. The molecule has 2 aromatic carbocycles. The number of carbonyl (C=O) groups excluding carboxylic acids is 3. The van der Waals surface area contributed by atoms with Gasteiger partial charge in [-0.25, -0.2) is 9.69 Å². The molecule has 8 nitrogen and oxygen atoms in total. The number of methoxy groups -OCH3 is 2. The quantitative estimate of drug-likeness (QED) is 0.441. The van der Waals surface area contributed by atoms with E-state index in [2.05, 4.69) is 0 Å². The van der Waals surface area contributed by atoms with E-state index < -0.39 is 29.0 Å². The Kier molecular flexibility index (Phi) is 4.44. The van der Waals surface area contributed by atoms with Gasteiger partial charge in [0.15, 0.2) is 11.5 Å². The Morgan fingerprint density at radius 2 is 1.81 bits per heavy atom. The molecule has 31 heavy (non-hydrogen) atoms. The highest BCUT2D eigenvalue weighted by Gasteiger charge is 2.58. The summed E-state index contributed by atoms with van der Waals surface area (Å²) >= 11 is 1.03. The molecule has 0 radical (unpaired) electrons. The number of para-hydroxylation sites is 1. The van der Waals surface area contributed by atoms with Crippen molar-refractivity contribution < 1.29 is 28.6 Å². The number of thioether (sulfide) groups is 1. The van der Waals surface area contributed by atoms with Crippen molar-refractivity contribution in [1.82, 2.24) is 0 Å². The lowest BCUT2D eigenvalue weighted by atomic mass is 9.77. The van der Waals surface area contributed by atoms with Crippen molar-refractivity contribution in [2.45, 2.75) is 11.2 Å². The number of amides is 2. The van der Waals surface area contributed by atoms with E-state index in [9.17, 15) is 14.4 Å². The molecular weight excluding hydrogens is 420 g/mol. The largest absolute Gasteiger partial charge is 0.497 e. The highest BCUT2D eigenvalue weighted by molar-refractivity contribution is 8.04. The number of carbonyl (C=O) groups is 3. The summed E-state index contributed by atoms with van der Waals surface area (Å²) in [7, 11) is 2.98. The first-order valence-corrected chi connectivity index (χ1v) is 10.4. The minimum Gasteiger partial charge on any atom is -0.497 e. The zero-order valence-electron chi connectivity index (χ0n) is 16.7. The highest BCUT2D eigenvalue weighted by Crippen LogP contribution is 2.56. The van der Waals surface area contributed by atoms with Gasteiger partial charge in [-0.05, 0) is 18.2 Å². The summed E-state index contributed by atoms with van der Waals surface area (Å²) in [6.45, 7) is 0. The maximum absolute atomic E-state index is 13.6. The number of nitrogens with zero attached hydrogens (tertiary/aromatic N) is 1. The van der Waals surface area contributed by atoms with E-state index in [0.717, 1.165) is 16.7 Å². The van der Waals surface area contributed by atoms with Crippen LogP contribution in [0.3, 0.4) is 0 Å². The topological polar surface area (TPSA) is 108 Å². The summed E-state index contributed by atoms with van der Waals surface area (Å²) in [6, 6.07) is 11.9. The van der Waals surface area contributed by atoms with Crippen LogP contribution in [0.15, 0.2) is 53.1 Å². The van der Waals surface area contributed by atoms with Gasteiger partial charge in [-0.15, -0.1) is 0 Å². The average molecular weight is 438 g/mol. The second-order valence-electron chi connectivity index (χ2n) is 7.30. The van der Waals surface area contributed by atoms with Crippen LogP contribution in [-0.4, -0.2) is 37.3 Å². The molecule has 2 N–H and O–H groups in total. The summed E-state index contributed by atoms with van der Waals surface area (Å²) in [5.74, 6) is -1.76. The van der Waals surface area contributed by atoms with Crippen LogP contribution in [0.5, 0.6) is 17.2 Å². The molecule has 1 fully saturated rings. The molecule has 3 aliphatic heterocycles. The Bertz CT molecular complexity index is 1180. The molecule has 3 aliphatic rings. The standard InChI is InChI=1S/C22H18N2O6S/c1-28-11-6-3-5-10(9-11)24-20(25)15-14-12-7-4-8-13(29-2)17(12)30-22(27)16(14)19(23)31-18(15)21(24)26/h3-9,14-15,18H,23H2,1-2H3/t14-,15+,18+/m0/s1. The second-order valence-corrected chi connectivity index (χ2v) is 8.48. The number of benzene rings is 2. The number of hydrogen-bond donors (Lipinski definition) is 1. The van der Waals surface area contributed by atoms with Crippen LogP contribution in [0, 0.1) is 5.92 Å². The molecule has 5 rings (SSSR count). The number of imide groups is 1. The van der Waals surface area contributed by atoms with Gasteiger partial charge < -0.3 is 19.9 Å². The van der Waals surface area contributed by atoms with E-state index in [1.165, 1.54) is 14.2 Å². The number of rotatable bonds is 3. The second kappa shape index (κ2) is 7.05. The minimum absolute atomic E-state index is 0.193. The highest BCUT2D eigenvalue weighted by atomic mass is 32.2. The first-order chi connectivity index (χ1) is 15.0. The lowest BCUT2D eigenvalue weighted by Gasteiger charge is -2.36. The summed E-state index contributed by atoms with van der Waals surface area (Å²) in [6.07, 6.45) is 0. The van der Waals surface area contributed by atoms with Crippen molar-refractivity contribution in [3.05, 3.63) is 58.6 Å². The number of hydrogen-bond acceptors (Lipinski definition) is 8. The Hall–Kier alpha value is -3.46. The Morgan fingerprint density at radius 1 is 1.03 bits per heavy atom. The van der Waals surface area contributed by atoms with E-state index in [1.54, 1.807) is 42.5 Å². The molecule has 3 atom stereocenters. The van der Waals surface area contributed by atoms with Crippen LogP contribution < -0.4 is 24.8 Å². The summed E-state index contributed by atoms with van der Waals surface area (Å²) in [5, 5.41) is -0.559. The molecular formula is C22H18N2O6S. The van der Waals surface area contributed by atoms with Gasteiger partial charge >= 0.3 is 5.97 Å². The van der Waals surface area contributed by atoms with Gasteiger partial charge in [0.2, 0.25) is 11.8 Å². The monoisotopic (exact) mass is 438 g/mol. The third kappa shape index (κ3) is 2.73. The SMILES string of the molecule is COc1cccc(N2C(=O)[C@H]3[C@@H](SC(N)=C4C(=O)Oc5c(OC)cccc5[C@H]43)C2=O)c1. The predicted molar refractivity (Wildman–Crippen MR) is 113 cm³/mol. The molecule has 0 bridgehead atoms. The fourth-order valence-corrected chi connectivity index (χ4v) is 5.66. The van der Waals surface area contributed by atoms with Crippen molar-refractivity contribution in [3.8, 4) is 17.2 Å². The van der Waals surface area contributed by atoms with E-state index >= 15 is 0 Å². The van der Waals surface area contributed by atoms with Crippen LogP contribution in [0.25, 0.3) is 0 Å². The van der Waals surface area contributed by atoms with Gasteiger partial charge in [0.1, 0.15) is 11.0 Å². The van der Waals surface area contributed by atoms with Crippen LogP contribution >= 0.6 is 11.8 Å². The van der Waals surface area contributed by atoms with Gasteiger partial charge in [-0.3, -0.25) is 9.59 Å². The molecule has 0 aromatic heterocycles. The zero-order chi connectivity index (χ0) is 21.9. The predicted octanol–water partition coefficient (Wildman–Crippen LogP) is 2.18. The third-order valence-corrected chi connectivity index (χ3v) is 7.00. The Balaban J connectivity index is 1.66. The molecule has 3 heterocycles. The number of esters is 1. The number of ether oxygens (including phenoxy) is 3. The number of fused-ring (bicyclic) bond motifs is 5. The van der Waals surface area contributed by atoms with Crippen molar-refractivity contribution >= 4 is 35.2 Å². The maximum atomic E-state index is 13.6. The minimum atomic E-state index is -0.801. The van der Waals surface area contributed by atoms with Crippen molar-refractivity contribution in [1.29, 1.82) is 0 Å². The van der Waals surface area contributed by atoms with Gasteiger partial charge in [-0.1, -0.05) is 30.0 Å². The molecule has 1 saturated heterocycles. The fourth-order valence-electron chi connectivity index (χ4n) is 4.42. The maximum Gasteiger partial charge on any atom is 0.342 e. The normalized spacial score (nSPS) is 24.4. The van der Waals surface area contributed by atoms with Crippen LogP contribution in [0.4, 0.5) is 5.69 Å². The van der Waals surface area contributed by atoms with Crippen molar-refractivity contribution in [2.24, 2.45) is 11.7 Å². The van der Waals surface area contributed by atoms with E-state index in [4.69, 9.17) is 19.9 Å². The van der Waals surface area contributed by atoms with Crippen LogP contribution in [-0.2, 0) is 14.4 Å². The first-order valence-electron chi connectivity index (χ1n) is 9.53. The lowest BCUT2D eigenvalue weighted by Crippen LogP contribution is -2.39. The molecule has 2 aromatic rings. The van der Waals surface area contributed by atoms with E-state index in [0.29, 0.717) is 22.7 Å². The molecule has 0 spiro atoms. The van der Waals surface area contributed by atoms with Gasteiger partial charge in [0.25, 0.3) is 0 Å². The van der Waals surface area contributed by atoms with Crippen LogP contribution in [0.2, 0.25) is 0 Å². The Labute approximate surface area is 181 Å². The van der Waals surface area contributed by atoms with E-state index in [-0.39, 0.29) is 22.3 Å². The molecule has 2 amide bonds. The number of anilines is 1. The summed E-state index contributed by atoms with van der Waals surface area (Å²) in [4.78, 5) is 40.9. The molecule has 9 heteroatoms.